The van der Waals surface area contributed by atoms with Gasteiger partial charge in [0.2, 0.25) is 0 Å². The first-order valence-electron chi connectivity index (χ1n) is 7.05. The van der Waals surface area contributed by atoms with Crippen molar-refractivity contribution in [1.82, 2.24) is 4.98 Å². The van der Waals surface area contributed by atoms with Gasteiger partial charge in [0.25, 0.3) is 0 Å². The third-order valence-corrected chi connectivity index (χ3v) is 4.40. The summed E-state index contributed by atoms with van der Waals surface area (Å²) in [5.74, 6) is 0.137. The van der Waals surface area contributed by atoms with Gasteiger partial charge in [0.1, 0.15) is 17.4 Å². The first-order valence-corrected chi connectivity index (χ1v) is 8.24. The van der Waals surface area contributed by atoms with Gasteiger partial charge >= 0.3 is 5.97 Å². The van der Waals surface area contributed by atoms with Crippen LogP contribution in [0.3, 0.4) is 0 Å². The van der Waals surface area contributed by atoms with E-state index in [1.54, 1.807) is 31.2 Å². The number of rotatable bonds is 5. The molecule has 23 heavy (non-hydrogen) atoms. The number of carbonyl (C=O) groups excluding carboxylic acids is 1. The number of hydrogen-bond acceptors (Lipinski definition) is 5. The molecule has 3 aromatic rings. The Balaban J connectivity index is 1.56. The van der Waals surface area contributed by atoms with Gasteiger partial charge in [-0.15, -0.1) is 11.3 Å². The Morgan fingerprint density at radius 1 is 1.22 bits per heavy atom. The van der Waals surface area contributed by atoms with Crippen molar-refractivity contribution in [1.29, 1.82) is 0 Å². The summed E-state index contributed by atoms with van der Waals surface area (Å²) in [7, 11) is 0. The minimum Gasteiger partial charge on any atom is -0.479 e. The van der Waals surface area contributed by atoms with Crippen LogP contribution in [0, 0.1) is 0 Å². The van der Waals surface area contributed by atoms with Gasteiger partial charge in [-0.25, -0.2) is 9.78 Å². The number of nitrogens with zero attached hydrogens (tertiary/aromatic N) is 1. The summed E-state index contributed by atoms with van der Waals surface area (Å²) in [5.41, 5.74) is 0.911. The van der Waals surface area contributed by atoms with Crippen molar-refractivity contribution in [3.8, 4) is 5.75 Å². The summed E-state index contributed by atoms with van der Waals surface area (Å²) < 4.78 is 11.9. The van der Waals surface area contributed by atoms with Gasteiger partial charge in [0.15, 0.2) is 6.10 Å². The van der Waals surface area contributed by atoms with E-state index in [1.807, 2.05) is 24.3 Å². The molecular formula is C17H14ClNO3S. The van der Waals surface area contributed by atoms with Crippen LogP contribution < -0.4 is 4.74 Å². The monoisotopic (exact) mass is 347 g/mol. The molecule has 118 valence electrons. The van der Waals surface area contributed by atoms with Gasteiger partial charge in [-0.3, -0.25) is 0 Å². The smallest absolute Gasteiger partial charge is 0.347 e. The molecule has 0 saturated heterocycles. The van der Waals surface area contributed by atoms with E-state index < -0.39 is 12.1 Å². The van der Waals surface area contributed by atoms with Crippen molar-refractivity contribution in [2.45, 2.75) is 19.6 Å². The summed E-state index contributed by atoms with van der Waals surface area (Å²) in [5, 5.41) is 1.38. The number of ether oxygens (including phenoxy) is 2. The zero-order valence-electron chi connectivity index (χ0n) is 12.4. The fraction of sp³-hybridized carbons (Fsp3) is 0.176. The number of carbonyl (C=O) groups is 1. The summed E-state index contributed by atoms with van der Waals surface area (Å²) in [4.78, 5) is 16.4. The molecule has 0 N–H and O–H groups in total. The number of esters is 1. The van der Waals surface area contributed by atoms with Crippen LogP contribution in [0.25, 0.3) is 10.2 Å². The van der Waals surface area contributed by atoms with Crippen molar-refractivity contribution in [3.63, 3.8) is 0 Å². The fourth-order valence-corrected chi connectivity index (χ4v) is 3.00. The van der Waals surface area contributed by atoms with E-state index in [0.29, 0.717) is 10.8 Å². The number of fused-ring (bicyclic) bond motifs is 1. The summed E-state index contributed by atoms with van der Waals surface area (Å²) in [6.45, 7) is 1.79. The molecule has 2 aromatic carbocycles. The highest BCUT2D eigenvalue weighted by Crippen LogP contribution is 2.22. The predicted molar refractivity (Wildman–Crippen MR) is 91.0 cm³/mol. The molecule has 0 aliphatic heterocycles. The Bertz CT molecular complexity index is 783. The Labute approximate surface area is 142 Å². The van der Waals surface area contributed by atoms with Crippen LogP contribution in [-0.2, 0) is 16.1 Å². The molecule has 0 bridgehead atoms. The molecule has 1 aromatic heterocycles. The second-order valence-electron chi connectivity index (χ2n) is 4.90. The quantitative estimate of drug-likeness (QED) is 0.639. The lowest BCUT2D eigenvalue weighted by molar-refractivity contribution is -0.152. The number of benzene rings is 2. The highest BCUT2D eigenvalue weighted by atomic mass is 35.5. The number of para-hydroxylation sites is 1. The largest absolute Gasteiger partial charge is 0.479 e. The maximum Gasteiger partial charge on any atom is 0.347 e. The van der Waals surface area contributed by atoms with E-state index in [0.717, 1.165) is 15.2 Å². The summed E-state index contributed by atoms with van der Waals surface area (Å²) in [6, 6.07) is 14.6. The van der Waals surface area contributed by atoms with E-state index in [4.69, 9.17) is 21.1 Å². The number of halogens is 1. The fourth-order valence-electron chi connectivity index (χ4n) is 2.00. The van der Waals surface area contributed by atoms with Gasteiger partial charge in [-0.1, -0.05) is 23.7 Å². The van der Waals surface area contributed by atoms with Crippen LogP contribution in [0.4, 0.5) is 0 Å². The third kappa shape index (κ3) is 4.00. The normalized spacial score (nSPS) is 12.1. The Hall–Kier alpha value is -2.11. The highest BCUT2D eigenvalue weighted by molar-refractivity contribution is 7.18. The Kier molecular flexibility index (Phi) is 4.79. The lowest BCUT2D eigenvalue weighted by Crippen LogP contribution is -2.25. The van der Waals surface area contributed by atoms with Crippen molar-refractivity contribution in [2.24, 2.45) is 0 Å². The number of aromatic nitrogens is 1. The van der Waals surface area contributed by atoms with Gasteiger partial charge in [-0.05, 0) is 43.3 Å². The van der Waals surface area contributed by atoms with Crippen LogP contribution >= 0.6 is 22.9 Å². The van der Waals surface area contributed by atoms with Crippen molar-refractivity contribution in [2.75, 3.05) is 0 Å². The second kappa shape index (κ2) is 6.98. The molecule has 0 saturated carbocycles. The predicted octanol–water partition coefficient (Wildman–Crippen LogP) is 4.46. The average molecular weight is 348 g/mol. The molecule has 0 spiro atoms. The first kappa shape index (κ1) is 15.8. The minimum atomic E-state index is -0.703. The molecule has 0 aliphatic rings. The second-order valence-corrected chi connectivity index (χ2v) is 6.45. The summed E-state index contributed by atoms with van der Waals surface area (Å²) >= 11 is 7.32. The van der Waals surface area contributed by atoms with Crippen LogP contribution in [0.15, 0.2) is 48.5 Å². The molecule has 0 aliphatic carbocycles. The van der Waals surface area contributed by atoms with Gasteiger partial charge in [0.05, 0.1) is 10.2 Å². The number of thiazole rings is 1. The lowest BCUT2D eigenvalue weighted by Gasteiger charge is -2.13. The maximum atomic E-state index is 12.0. The van der Waals surface area contributed by atoms with E-state index in [-0.39, 0.29) is 6.61 Å². The molecule has 4 nitrogen and oxygen atoms in total. The van der Waals surface area contributed by atoms with E-state index in [2.05, 4.69) is 4.98 Å². The molecule has 3 rings (SSSR count). The molecule has 0 fully saturated rings. The molecule has 0 unspecified atom stereocenters. The molecule has 0 amide bonds. The van der Waals surface area contributed by atoms with Crippen molar-refractivity contribution in [3.05, 3.63) is 58.6 Å². The van der Waals surface area contributed by atoms with Crippen LogP contribution in [0.1, 0.15) is 11.9 Å². The SMILES string of the molecule is C[C@@H](Oc1ccc(Cl)cc1)C(=O)OCc1nc2ccccc2s1. The van der Waals surface area contributed by atoms with E-state index in [1.165, 1.54) is 11.3 Å². The molecule has 1 atom stereocenters. The first-order chi connectivity index (χ1) is 11.1. The van der Waals surface area contributed by atoms with Gasteiger partial charge in [-0.2, -0.15) is 0 Å². The standard InChI is InChI=1S/C17H14ClNO3S/c1-11(22-13-8-6-12(18)7-9-13)17(20)21-10-16-19-14-4-2-3-5-15(14)23-16/h2-9,11H,10H2,1H3/t11-/m1/s1. The minimum absolute atomic E-state index is 0.145. The zero-order valence-corrected chi connectivity index (χ0v) is 13.9. The van der Waals surface area contributed by atoms with Crippen LogP contribution in [0.5, 0.6) is 5.75 Å². The molecule has 1 heterocycles. The van der Waals surface area contributed by atoms with E-state index in [9.17, 15) is 4.79 Å². The summed E-state index contributed by atoms with van der Waals surface area (Å²) in [6.07, 6.45) is -0.703. The maximum absolute atomic E-state index is 12.0. The lowest BCUT2D eigenvalue weighted by atomic mass is 10.3. The topological polar surface area (TPSA) is 48.4 Å². The van der Waals surface area contributed by atoms with Crippen molar-refractivity contribution >= 4 is 39.1 Å². The van der Waals surface area contributed by atoms with Gasteiger partial charge in [0, 0.05) is 5.02 Å². The highest BCUT2D eigenvalue weighted by Gasteiger charge is 2.17. The van der Waals surface area contributed by atoms with Crippen molar-refractivity contribution < 1.29 is 14.3 Å². The molecule has 6 heteroatoms. The Morgan fingerprint density at radius 2 is 1.96 bits per heavy atom. The molecule has 0 radical (unpaired) electrons. The zero-order chi connectivity index (χ0) is 16.2. The Morgan fingerprint density at radius 3 is 2.70 bits per heavy atom. The van der Waals surface area contributed by atoms with E-state index >= 15 is 0 Å². The third-order valence-electron chi connectivity index (χ3n) is 3.13. The van der Waals surface area contributed by atoms with Crippen LogP contribution in [-0.4, -0.2) is 17.1 Å². The number of hydrogen-bond donors (Lipinski definition) is 0. The molecular weight excluding hydrogens is 334 g/mol. The van der Waals surface area contributed by atoms with Gasteiger partial charge < -0.3 is 9.47 Å². The average Bonchev–Trinajstić information content (AvgIpc) is 2.97. The van der Waals surface area contributed by atoms with Crippen LogP contribution in [0.2, 0.25) is 5.02 Å².